The molecule has 88 valence electrons. The third kappa shape index (κ3) is 1.46. The van der Waals surface area contributed by atoms with Crippen molar-refractivity contribution in [2.24, 2.45) is 0 Å². The molecular weight excluding hydrogens is 214 g/mol. The second kappa shape index (κ2) is 3.62. The van der Waals surface area contributed by atoms with E-state index in [0.29, 0.717) is 12.5 Å². The minimum atomic E-state index is 0.335. The molecule has 0 radical (unpaired) electrons. The number of benzene rings is 1. The zero-order valence-corrected chi connectivity index (χ0v) is 10.1. The molecule has 3 heteroatoms. The molecule has 0 saturated carbocycles. The van der Waals surface area contributed by atoms with Gasteiger partial charge in [-0.15, -0.1) is 0 Å². The van der Waals surface area contributed by atoms with Crippen LogP contribution in [0.1, 0.15) is 30.9 Å². The van der Waals surface area contributed by atoms with Gasteiger partial charge in [-0.3, -0.25) is 0 Å². The summed E-state index contributed by atoms with van der Waals surface area (Å²) in [6, 6.07) is 5.90. The highest BCUT2D eigenvalue weighted by Crippen LogP contribution is 2.35. The average molecular weight is 229 g/mol. The van der Waals surface area contributed by atoms with Crippen LogP contribution in [0.4, 0.5) is 0 Å². The van der Waals surface area contributed by atoms with Crippen molar-refractivity contribution in [2.45, 2.75) is 26.2 Å². The van der Waals surface area contributed by atoms with Gasteiger partial charge in [0.15, 0.2) is 6.20 Å². The Morgan fingerprint density at radius 2 is 2.12 bits per heavy atom. The van der Waals surface area contributed by atoms with E-state index >= 15 is 0 Å². The van der Waals surface area contributed by atoms with Crippen LogP contribution in [-0.4, -0.2) is 6.61 Å². The van der Waals surface area contributed by atoms with Gasteiger partial charge in [-0.25, -0.2) is 0 Å². The molecule has 1 aromatic carbocycles. The molecule has 3 nitrogen and oxygen atoms in total. The summed E-state index contributed by atoms with van der Waals surface area (Å²) in [6.45, 7) is 4.91. The highest BCUT2D eigenvalue weighted by molar-refractivity contribution is 5.89. The molecule has 0 N–H and O–H groups in total. The Balaban J connectivity index is 2.46. The van der Waals surface area contributed by atoms with Crippen molar-refractivity contribution in [3.05, 3.63) is 40.7 Å². The zero-order chi connectivity index (χ0) is 12.0. The van der Waals surface area contributed by atoms with Crippen LogP contribution in [0, 0.1) is 5.21 Å². The highest BCUT2D eigenvalue weighted by Gasteiger charge is 2.22. The van der Waals surface area contributed by atoms with E-state index in [1.807, 2.05) is 18.2 Å². The molecule has 2 heterocycles. The van der Waals surface area contributed by atoms with Crippen molar-refractivity contribution in [2.75, 3.05) is 6.61 Å². The third-order valence-corrected chi connectivity index (χ3v) is 3.37. The van der Waals surface area contributed by atoms with E-state index in [-0.39, 0.29) is 0 Å². The smallest absolute Gasteiger partial charge is 0.231 e. The molecular formula is C14H15NO2. The lowest BCUT2D eigenvalue weighted by Gasteiger charge is -2.19. The van der Waals surface area contributed by atoms with Crippen LogP contribution in [0.5, 0.6) is 5.75 Å². The first-order chi connectivity index (χ1) is 8.18. The molecule has 0 bridgehead atoms. The second-order valence-electron chi connectivity index (χ2n) is 4.80. The van der Waals surface area contributed by atoms with Gasteiger partial charge in [-0.1, -0.05) is 13.8 Å². The van der Waals surface area contributed by atoms with Crippen molar-refractivity contribution in [1.29, 1.82) is 0 Å². The van der Waals surface area contributed by atoms with Crippen LogP contribution in [-0.2, 0) is 6.42 Å². The van der Waals surface area contributed by atoms with E-state index in [2.05, 4.69) is 13.8 Å². The Hall–Kier alpha value is -1.77. The lowest BCUT2D eigenvalue weighted by Crippen LogP contribution is -2.29. The topological polar surface area (TPSA) is 36.2 Å². The van der Waals surface area contributed by atoms with Gasteiger partial charge in [0.25, 0.3) is 0 Å². The SMILES string of the molecule is CC(C)c1ccc2c3c(cc[n+]([O-])c13)CCO2. The molecule has 1 aromatic heterocycles. The van der Waals surface area contributed by atoms with Crippen molar-refractivity contribution in [1.82, 2.24) is 0 Å². The lowest BCUT2D eigenvalue weighted by molar-refractivity contribution is -0.577. The van der Waals surface area contributed by atoms with E-state index in [1.165, 1.54) is 5.56 Å². The first-order valence-corrected chi connectivity index (χ1v) is 5.99. The van der Waals surface area contributed by atoms with E-state index < -0.39 is 0 Å². The Morgan fingerprint density at radius 3 is 2.88 bits per heavy atom. The number of pyridine rings is 1. The van der Waals surface area contributed by atoms with Gasteiger partial charge < -0.3 is 9.94 Å². The molecule has 2 aromatic rings. The van der Waals surface area contributed by atoms with Crippen molar-refractivity contribution < 1.29 is 9.47 Å². The molecule has 1 aliphatic rings. The van der Waals surface area contributed by atoms with Crippen LogP contribution < -0.4 is 9.47 Å². The summed E-state index contributed by atoms with van der Waals surface area (Å²) in [4.78, 5) is 0. The summed E-state index contributed by atoms with van der Waals surface area (Å²) in [5.74, 6) is 1.18. The molecule has 0 saturated heterocycles. The quantitative estimate of drug-likeness (QED) is 0.556. The maximum absolute atomic E-state index is 12.0. The average Bonchev–Trinajstić information content (AvgIpc) is 2.33. The van der Waals surface area contributed by atoms with Crippen molar-refractivity contribution in [3.63, 3.8) is 0 Å². The zero-order valence-electron chi connectivity index (χ0n) is 10.1. The summed E-state index contributed by atoms with van der Waals surface area (Å²) in [5, 5.41) is 13.0. The number of rotatable bonds is 1. The number of nitrogens with zero attached hydrogens (tertiary/aromatic N) is 1. The fraction of sp³-hybridized carbons (Fsp3) is 0.357. The second-order valence-corrected chi connectivity index (χ2v) is 4.80. The molecule has 1 aliphatic heterocycles. The first kappa shape index (κ1) is 10.4. The maximum atomic E-state index is 12.0. The lowest BCUT2D eigenvalue weighted by atomic mass is 9.95. The Bertz CT molecular complexity index is 580. The Labute approximate surface area is 100 Å². The van der Waals surface area contributed by atoms with Crippen LogP contribution >= 0.6 is 0 Å². The largest absolute Gasteiger partial charge is 0.618 e. The molecule has 17 heavy (non-hydrogen) atoms. The summed E-state index contributed by atoms with van der Waals surface area (Å²) < 4.78 is 6.60. The molecule has 3 rings (SSSR count). The van der Waals surface area contributed by atoms with Gasteiger partial charge in [0.05, 0.1) is 12.0 Å². The van der Waals surface area contributed by atoms with Gasteiger partial charge in [0.1, 0.15) is 5.75 Å². The molecule has 0 unspecified atom stereocenters. The van der Waals surface area contributed by atoms with Gasteiger partial charge >= 0.3 is 0 Å². The number of hydrogen-bond donors (Lipinski definition) is 0. The summed E-state index contributed by atoms with van der Waals surface area (Å²) in [7, 11) is 0. The van der Waals surface area contributed by atoms with Crippen molar-refractivity contribution in [3.8, 4) is 5.75 Å². The van der Waals surface area contributed by atoms with E-state index in [9.17, 15) is 5.21 Å². The molecule has 0 aliphatic carbocycles. The third-order valence-electron chi connectivity index (χ3n) is 3.37. The molecule has 0 spiro atoms. The monoisotopic (exact) mass is 229 g/mol. The van der Waals surface area contributed by atoms with Gasteiger partial charge in [-0.2, -0.15) is 4.73 Å². The van der Waals surface area contributed by atoms with Crippen LogP contribution in [0.3, 0.4) is 0 Å². The molecule has 0 fully saturated rings. The number of ether oxygens (including phenoxy) is 1. The number of aromatic nitrogens is 1. The normalized spacial score (nSPS) is 14.1. The van der Waals surface area contributed by atoms with Gasteiger partial charge in [0, 0.05) is 18.1 Å². The summed E-state index contributed by atoms with van der Waals surface area (Å²) in [6.07, 6.45) is 2.49. The Morgan fingerprint density at radius 1 is 1.29 bits per heavy atom. The number of hydrogen-bond acceptors (Lipinski definition) is 2. The van der Waals surface area contributed by atoms with E-state index in [4.69, 9.17) is 4.74 Å². The van der Waals surface area contributed by atoms with Gasteiger partial charge in [-0.05, 0) is 23.6 Å². The van der Waals surface area contributed by atoms with Crippen molar-refractivity contribution >= 4 is 10.9 Å². The summed E-state index contributed by atoms with van der Waals surface area (Å²) >= 11 is 0. The minimum absolute atomic E-state index is 0.335. The maximum Gasteiger partial charge on any atom is 0.231 e. The van der Waals surface area contributed by atoms with E-state index in [0.717, 1.165) is 33.4 Å². The Kier molecular flexibility index (Phi) is 2.21. The van der Waals surface area contributed by atoms with Crippen LogP contribution in [0.2, 0.25) is 0 Å². The predicted octanol–water partition coefficient (Wildman–Crippen LogP) is 2.53. The molecule has 0 amide bonds. The first-order valence-electron chi connectivity index (χ1n) is 5.99. The van der Waals surface area contributed by atoms with E-state index in [1.54, 1.807) is 6.20 Å². The molecule has 0 atom stereocenters. The van der Waals surface area contributed by atoms with Crippen LogP contribution in [0.15, 0.2) is 24.4 Å². The minimum Gasteiger partial charge on any atom is -0.618 e. The fourth-order valence-electron chi connectivity index (χ4n) is 2.52. The summed E-state index contributed by atoms with van der Waals surface area (Å²) in [5.41, 5.74) is 3.08. The highest BCUT2D eigenvalue weighted by atomic mass is 16.5. The predicted molar refractivity (Wildman–Crippen MR) is 66.2 cm³/mol. The fourth-order valence-corrected chi connectivity index (χ4v) is 2.52. The van der Waals surface area contributed by atoms with Crippen LogP contribution in [0.25, 0.3) is 10.9 Å². The standard InChI is InChI=1S/C14H15NO2/c1-9(2)11-3-4-12-13-10(6-8-17-12)5-7-15(16)14(11)13/h3-5,7,9H,6,8H2,1-2H3. The van der Waals surface area contributed by atoms with Gasteiger partial charge in [0.2, 0.25) is 5.52 Å².